The van der Waals surface area contributed by atoms with Crippen LogP contribution in [0.2, 0.25) is 0 Å². The summed E-state index contributed by atoms with van der Waals surface area (Å²) in [6, 6.07) is 0.494. The molecule has 2 N–H and O–H groups in total. The third-order valence-electron chi connectivity index (χ3n) is 3.00. The Labute approximate surface area is 80.5 Å². The van der Waals surface area contributed by atoms with Gasteiger partial charge in [0.25, 0.3) is 0 Å². The quantitative estimate of drug-likeness (QED) is 0.734. The molecule has 0 bridgehead atoms. The van der Waals surface area contributed by atoms with E-state index in [1.165, 1.54) is 31.4 Å². The molecule has 3 atom stereocenters. The first-order valence-electron chi connectivity index (χ1n) is 4.98. The van der Waals surface area contributed by atoms with E-state index in [2.05, 4.69) is 13.2 Å². The minimum Gasteiger partial charge on any atom is -0.327 e. The molecule has 1 aliphatic rings. The fourth-order valence-electron chi connectivity index (χ4n) is 2.12. The molecule has 1 rings (SSSR count). The molecular formula is C10H21NS. The van der Waals surface area contributed by atoms with Gasteiger partial charge < -0.3 is 5.73 Å². The second-order valence-electron chi connectivity index (χ2n) is 4.12. The van der Waals surface area contributed by atoms with Crippen molar-refractivity contribution in [2.45, 2.75) is 38.6 Å². The molecule has 0 aliphatic heterocycles. The zero-order chi connectivity index (χ0) is 8.97. The third kappa shape index (κ3) is 2.98. The Kier molecular flexibility index (Phi) is 4.44. The van der Waals surface area contributed by atoms with E-state index >= 15 is 0 Å². The number of hydrogen-bond donors (Lipinski definition) is 1. The van der Waals surface area contributed by atoms with Gasteiger partial charge >= 0.3 is 0 Å². The summed E-state index contributed by atoms with van der Waals surface area (Å²) in [6.45, 7) is 2.36. The number of rotatable bonds is 3. The predicted octanol–water partition coefficient (Wildman–Crippen LogP) is 2.50. The highest BCUT2D eigenvalue weighted by atomic mass is 32.2. The Morgan fingerprint density at radius 1 is 1.42 bits per heavy atom. The van der Waals surface area contributed by atoms with E-state index in [1.54, 1.807) is 0 Å². The lowest BCUT2D eigenvalue weighted by molar-refractivity contribution is 0.241. The smallest absolute Gasteiger partial charge is 0.00676 e. The molecule has 0 saturated heterocycles. The maximum absolute atomic E-state index is 6.07. The molecule has 1 nitrogen and oxygen atoms in total. The molecule has 72 valence electrons. The molecule has 1 fully saturated rings. The maximum Gasteiger partial charge on any atom is 0.00676 e. The first kappa shape index (κ1) is 10.4. The molecule has 1 aliphatic carbocycles. The van der Waals surface area contributed by atoms with E-state index in [1.807, 2.05) is 11.8 Å². The average Bonchev–Trinajstić information content (AvgIpc) is 2.07. The SMILES string of the molecule is CSCCC1CC(C)CCC1N. The van der Waals surface area contributed by atoms with Gasteiger partial charge in [-0.1, -0.05) is 6.92 Å². The Balaban J connectivity index is 2.28. The monoisotopic (exact) mass is 187 g/mol. The second kappa shape index (κ2) is 5.13. The van der Waals surface area contributed by atoms with Crippen molar-refractivity contribution in [1.29, 1.82) is 0 Å². The van der Waals surface area contributed by atoms with Crippen molar-refractivity contribution in [2.75, 3.05) is 12.0 Å². The molecule has 0 aromatic heterocycles. The Morgan fingerprint density at radius 2 is 2.17 bits per heavy atom. The van der Waals surface area contributed by atoms with Crippen LogP contribution in [0.15, 0.2) is 0 Å². The molecule has 0 spiro atoms. The topological polar surface area (TPSA) is 26.0 Å². The van der Waals surface area contributed by atoms with E-state index in [0.717, 1.165) is 11.8 Å². The fraction of sp³-hybridized carbons (Fsp3) is 1.00. The number of hydrogen-bond acceptors (Lipinski definition) is 2. The van der Waals surface area contributed by atoms with Crippen LogP contribution < -0.4 is 5.73 Å². The normalized spacial score (nSPS) is 36.8. The fourth-order valence-corrected chi connectivity index (χ4v) is 2.66. The van der Waals surface area contributed by atoms with Gasteiger partial charge in [-0.05, 0) is 49.5 Å². The van der Waals surface area contributed by atoms with E-state index in [0.29, 0.717) is 6.04 Å². The molecular weight excluding hydrogens is 166 g/mol. The minimum absolute atomic E-state index is 0.494. The van der Waals surface area contributed by atoms with Gasteiger partial charge in [-0.25, -0.2) is 0 Å². The van der Waals surface area contributed by atoms with Crippen molar-refractivity contribution in [1.82, 2.24) is 0 Å². The summed E-state index contributed by atoms with van der Waals surface area (Å²) in [5.74, 6) is 3.00. The van der Waals surface area contributed by atoms with Crippen LogP contribution in [-0.2, 0) is 0 Å². The third-order valence-corrected chi connectivity index (χ3v) is 3.64. The number of nitrogens with two attached hydrogens (primary N) is 1. The average molecular weight is 187 g/mol. The van der Waals surface area contributed by atoms with E-state index in [9.17, 15) is 0 Å². The van der Waals surface area contributed by atoms with Gasteiger partial charge in [0, 0.05) is 6.04 Å². The van der Waals surface area contributed by atoms with Crippen molar-refractivity contribution >= 4 is 11.8 Å². The van der Waals surface area contributed by atoms with Crippen molar-refractivity contribution in [2.24, 2.45) is 17.6 Å². The lowest BCUT2D eigenvalue weighted by Crippen LogP contribution is -2.35. The predicted molar refractivity (Wildman–Crippen MR) is 57.5 cm³/mol. The molecule has 0 aromatic carbocycles. The lowest BCUT2D eigenvalue weighted by Gasteiger charge is -2.32. The second-order valence-corrected chi connectivity index (χ2v) is 5.11. The molecule has 0 aromatic rings. The molecule has 2 heteroatoms. The van der Waals surface area contributed by atoms with Crippen molar-refractivity contribution in [3.8, 4) is 0 Å². The molecule has 0 heterocycles. The van der Waals surface area contributed by atoms with Crippen molar-refractivity contribution < 1.29 is 0 Å². The van der Waals surface area contributed by atoms with E-state index in [-0.39, 0.29) is 0 Å². The van der Waals surface area contributed by atoms with Crippen LogP contribution in [-0.4, -0.2) is 18.1 Å². The summed E-state index contributed by atoms with van der Waals surface area (Å²) >= 11 is 1.94. The number of thioether (sulfide) groups is 1. The molecule has 0 radical (unpaired) electrons. The first-order chi connectivity index (χ1) is 5.74. The van der Waals surface area contributed by atoms with Gasteiger partial charge in [-0.2, -0.15) is 11.8 Å². The highest BCUT2D eigenvalue weighted by molar-refractivity contribution is 7.98. The van der Waals surface area contributed by atoms with E-state index in [4.69, 9.17) is 5.73 Å². The van der Waals surface area contributed by atoms with Gasteiger partial charge in [-0.3, -0.25) is 0 Å². The molecule has 3 unspecified atom stereocenters. The first-order valence-corrected chi connectivity index (χ1v) is 6.38. The van der Waals surface area contributed by atoms with Crippen LogP contribution in [0.3, 0.4) is 0 Å². The zero-order valence-corrected chi connectivity index (χ0v) is 9.07. The van der Waals surface area contributed by atoms with Crippen LogP contribution in [0.4, 0.5) is 0 Å². The van der Waals surface area contributed by atoms with Gasteiger partial charge in [0.15, 0.2) is 0 Å². The minimum atomic E-state index is 0.494. The van der Waals surface area contributed by atoms with Crippen molar-refractivity contribution in [3.63, 3.8) is 0 Å². The van der Waals surface area contributed by atoms with Gasteiger partial charge in [0.1, 0.15) is 0 Å². The molecule has 0 amide bonds. The lowest BCUT2D eigenvalue weighted by atomic mass is 9.78. The highest BCUT2D eigenvalue weighted by Gasteiger charge is 2.24. The summed E-state index contributed by atoms with van der Waals surface area (Å²) < 4.78 is 0. The Morgan fingerprint density at radius 3 is 2.83 bits per heavy atom. The largest absolute Gasteiger partial charge is 0.327 e. The van der Waals surface area contributed by atoms with Crippen LogP contribution in [0.1, 0.15) is 32.6 Å². The summed E-state index contributed by atoms with van der Waals surface area (Å²) in [4.78, 5) is 0. The van der Waals surface area contributed by atoms with Gasteiger partial charge in [0.2, 0.25) is 0 Å². The zero-order valence-electron chi connectivity index (χ0n) is 8.25. The highest BCUT2D eigenvalue weighted by Crippen LogP contribution is 2.30. The van der Waals surface area contributed by atoms with Crippen LogP contribution >= 0.6 is 11.8 Å². The van der Waals surface area contributed by atoms with E-state index < -0.39 is 0 Å². The Hall–Kier alpha value is 0.310. The van der Waals surface area contributed by atoms with Crippen LogP contribution in [0.25, 0.3) is 0 Å². The maximum atomic E-state index is 6.07. The van der Waals surface area contributed by atoms with Crippen LogP contribution in [0, 0.1) is 11.8 Å². The summed E-state index contributed by atoms with van der Waals surface area (Å²) in [6.07, 6.45) is 7.46. The van der Waals surface area contributed by atoms with Gasteiger partial charge in [-0.15, -0.1) is 0 Å². The van der Waals surface area contributed by atoms with Crippen LogP contribution in [0.5, 0.6) is 0 Å². The van der Waals surface area contributed by atoms with Gasteiger partial charge in [0.05, 0.1) is 0 Å². The molecule has 12 heavy (non-hydrogen) atoms. The summed E-state index contributed by atoms with van der Waals surface area (Å²) in [5.41, 5.74) is 6.07. The molecule has 1 saturated carbocycles. The van der Waals surface area contributed by atoms with Crippen molar-refractivity contribution in [3.05, 3.63) is 0 Å². The summed E-state index contributed by atoms with van der Waals surface area (Å²) in [5, 5.41) is 0. The summed E-state index contributed by atoms with van der Waals surface area (Å²) in [7, 11) is 0. The standard InChI is InChI=1S/C10H21NS/c1-8-3-4-10(11)9(7-8)5-6-12-2/h8-10H,3-7,11H2,1-2H3. The Bertz CT molecular complexity index is 127.